The molecule has 0 saturated heterocycles. The summed E-state index contributed by atoms with van der Waals surface area (Å²) in [5, 5.41) is 8.59. The van der Waals surface area contributed by atoms with Gasteiger partial charge in [-0.15, -0.1) is 0 Å². The van der Waals surface area contributed by atoms with E-state index < -0.39 is 20.4 Å². The summed E-state index contributed by atoms with van der Waals surface area (Å²) in [7, 11) is -1.35. The third-order valence-corrected chi connectivity index (χ3v) is 7.12. The van der Waals surface area contributed by atoms with Crippen molar-refractivity contribution in [3.05, 3.63) is 0 Å². The second-order valence-electron chi connectivity index (χ2n) is 4.51. The molecule has 0 radical (unpaired) electrons. The van der Waals surface area contributed by atoms with Gasteiger partial charge in [0.25, 0.3) is 0 Å². The molecule has 0 heterocycles. The van der Waals surface area contributed by atoms with Crippen LogP contribution in [0.25, 0.3) is 0 Å². The normalized spacial score (nSPS) is 15.5. The zero-order valence-electron chi connectivity index (χ0n) is 9.63. The minimum atomic E-state index is -0.676. The molecule has 0 atom stereocenters. The maximum atomic E-state index is 8.59. The van der Waals surface area contributed by atoms with Crippen LogP contribution in [0.15, 0.2) is 0 Å². The number of rotatable bonds is 4. The van der Waals surface area contributed by atoms with Gasteiger partial charge in [0.1, 0.15) is 0 Å². The van der Waals surface area contributed by atoms with Crippen LogP contribution in [0.3, 0.4) is 0 Å². The van der Waals surface area contributed by atoms with Crippen molar-refractivity contribution in [2.75, 3.05) is 44.1 Å². The Balaban J connectivity index is 4.50. The molecule has 0 unspecified atom stereocenters. The van der Waals surface area contributed by atoms with Gasteiger partial charge in [-0.05, 0) is 37.5 Å². The minimum absolute atomic E-state index is 0.647. The van der Waals surface area contributed by atoms with Crippen LogP contribution in [-0.4, -0.2) is 47.8 Å². The molecule has 4 heteroatoms. The number of hydrogen-bond acceptors (Lipinski definition) is 2. The largest absolute Gasteiger partial charge is 0.231 e. The van der Waals surface area contributed by atoms with E-state index in [9.17, 15) is 0 Å². The summed E-state index contributed by atoms with van der Waals surface area (Å²) in [6.07, 6.45) is 14.4. The van der Waals surface area contributed by atoms with Crippen LogP contribution in [0, 0.1) is 11.3 Å². The van der Waals surface area contributed by atoms with Crippen LogP contribution in [0.1, 0.15) is 6.42 Å². The lowest BCUT2D eigenvalue weighted by Crippen LogP contribution is -2.29. The first-order valence-electron chi connectivity index (χ1n) is 4.21. The van der Waals surface area contributed by atoms with Crippen molar-refractivity contribution < 1.29 is 0 Å². The molecule has 0 aliphatic heterocycles. The molecule has 0 amide bonds. The highest BCUT2D eigenvalue weighted by Gasteiger charge is 2.24. The summed E-state index contributed by atoms with van der Waals surface area (Å²) in [5.74, 6) is 0. The topological polar surface area (TPSA) is 27.0 Å². The van der Waals surface area contributed by atoms with Crippen LogP contribution in [0.5, 0.6) is 0 Å². The van der Waals surface area contributed by atoms with Crippen LogP contribution < -0.4 is 0 Å². The molecular weight excluding hydrogens is 200 g/mol. The standard InChI is InChI=1S/C9H22N2S2/c1-12(2,3)11(9-7-8-10)13(4,5)6/h7,9H2,1-6H3. The summed E-state index contributed by atoms with van der Waals surface area (Å²) in [4.78, 5) is 0. The molecule has 0 aromatic heterocycles. The summed E-state index contributed by atoms with van der Waals surface area (Å²) in [6, 6.07) is 2.23. The summed E-state index contributed by atoms with van der Waals surface area (Å²) >= 11 is 0. The van der Waals surface area contributed by atoms with Crippen LogP contribution in [0.4, 0.5) is 0 Å². The maximum Gasteiger partial charge on any atom is 0.0635 e. The SMILES string of the molecule is CS(C)(C)N(CCC#N)S(C)(C)C. The highest BCUT2D eigenvalue weighted by atomic mass is 32.3. The predicted molar refractivity (Wildman–Crippen MR) is 67.7 cm³/mol. The van der Waals surface area contributed by atoms with Crippen LogP contribution in [0.2, 0.25) is 0 Å². The Morgan fingerprint density at radius 3 is 1.62 bits per heavy atom. The van der Waals surface area contributed by atoms with E-state index in [1.165, 1.54) is 0 Å². The molecule has 0 aromatic carbocycles. The van der Waals surface area contributed by atoms with Crippen molar-refractivity contribution in [2.45, 2.75) is 6.42 Å². The van der Waals surface area contributed by atoms with Gasteiger partial charge in [-0.1, -0.05) is 0 Å². The molecule has 0 rings (SSSR count). The fourth-order valence-corrected chi connectivity index (χ4v) is 8.00. The van der Waals surface area contributed by atoms with E-state index in [4.69, 9.17) is 5.26 Å². The van der Waals surface area contributed by atoms with Gasteiger partial charge >= 0.3 is 0 Å². The van der Waals surface area contributed by atoms with E-state index in [1.54, 1.807) is 0 Å². The molecule has 0 aliphatic rings. The first-order valence-corrected chi connectivity index (χ1v) is 9.84. The van der Waals surface area contributed by atoms with E-state index in [0.29, 0.717) is 6.42 Å². The van der Waals surface area contributed by atoms with Crippen molar-refractivity contribution in [3.63, 3.8) is 0 Å². The second kappa shape index (κ2) is 4.59. The Morgan fingerprint density at radius 2 is 1.38 bits per heavy atom. The van der Waals surface area contributed by atoms with Crippen molar-refractivity contribution in [1.82, 2.24) is 3.71 Å². The maximum absolute atomic E-state index is 8.59. The molecule has 0 spiro atoms. The smallest absolute Gasteiger partial charge is 0.0635 e. The first kappa shape index (κ1) is 13.2. The van der Waals surface area contributed by atoms with Gasteiger partial charge in [-0.25, -0.2) is 3.71 Å². The first-order chi connectivity index (χ1) is 5.69. The quantitative estimate of drug-likeness (QED) is 0.730. The molecule has 0 aromatic rings. The van der Waals surface area contributed by atoms with Gasteiger partial charge in [-0.3, -0.25) is 0 Å². The molecule has 0 aliphatic carbocycles. The van der Waals surface area contributed by atoms with Gasteiger partial charge < -0.3 is 0 Å². The monoisotopic (exact) mass is 222 g/mol. The third-order valence-electron chi connectivity index (χ3n) is 1.63. The summed E-state index contributed by atoms with van der Waals surface area (Å²) < 4.78 is 2.53. The third kappa shape index (κ3) is 4.80. The Hall–Kier alpha value is 0.150. The van der Waals surface area contributed by atoms with Crippen molar-refractivity contribution in [3.8, 4) is 6.07 Å². The lowest BCUT2D eigenvalue weighted by atomic mass is 10.5. The molecule has 0 saturated carbocycles. The lowest BCUT2D eigenvalue weighted by Gasteiger charge is -2.51. The molecule has 13 heavy (non-hydrogen) atoms. The van der Waals surface area contributed by atoms with Gasteiger partial charge in [0, 0.05) is 13.0 Å². The van der Waals surface area contributed by atoms with Crippen LogP contribution in [-0.2, 0) is 0 Å². The van der Waals surface area contributed by atoms with E-state index in [-0.39, 0.29) is 0 Å². The number of hydrogen-bond donors (Lipinski definition) is 0. The molecule has 0 fully saturated rings. The predicted octanol–water partition coefficient (Wildman–Crippen LogP) is 2.42. The molecule has 2 nitrogen and oxygen atoms in total. The number of nitriles is 1. The average Bonchev–Trinajstić information content (AvgIpc) is 1.81. The Kier molecular flexibility index (Phi) is 4.64. The molecule has 80 valence electrons. The Bertz CT molecular complexity index is 181. The van der Waals surface area contributed by atoms with Crippen molar-refractivity contribution in [2.24, 2.45) is 0 Å². The Morgan fingerprint density at radius 1 is 1.00 bits per heavy atom. The zero-order valence-corrected chi connectivity index (χ0v) is 11.3. The zero-order chi connectivity index (χ0) is 10.7. The van der Waals surface area contributed by atoms with Gasteiger partial charge in [0.05, 0.1) is 6.07 Å². The second-order valence-corrected chi connectivity index (χ2v) is 12.7. The van der Waals surface area contributed by atoms with Crippen molar-refractivity contribution >= 4 is 20.4 Å². The summed E-state index contributed by atoms with van der Waals surface area (Å²) in [6.45, 7) is 0.925. The molecule has 0 bridgehead atoms. The fraction of sp³-hybridized carbons (Fsp3) is 0.889. The fourth-order valence-electron chi connectivity index (χ4n) is 1.36. The highest BCUT2D eigenvalue weighted by Crippen LogP contribution is 2.56. The number of nitrogens with zero attached hydrogens (tertiary/aromatic N) is 2. The van der Waals surface area contributed by atoms with Gasteiger partial charge in [0.2, 0.25) is 0 Å². The van der Waals surface area contributed by atoms with E-state index in [1.807, 2.05) is 0 Å². The van der Waals surface area contributed by atoms with Gasteiger partial charge in [-0.2, -0.15) is 25.7 Å². The van der Waals surface area contributed by atoms with E-state index in [0.717, 1.165) is 6.54 Å². The average molecular weight is 222 g/mol. The molecule has 0 N–H and O–H groups in total. The van der Waals surface area contributed by atoms with Crippen LogP contribution >= 0.6 is 20.4 Å². The minimum Gasteiger partial charge on any atom is -0.231 e. The van der Waals surface area contributed by atoms with E-state index >= 15 is 0 Å². The molecular formula is C9H22N2S2. The van der Waals surface area contributed by atoms with Gasteiger partial charge in [0.15, 0.2) is 0 Å². The van der Waals surface area contributed by atoms with Crippen molar-refractivity contribution in [1.29, 1.82) is 5.26 Å². The lowest BCUT2D eigenvalue weighted by molar-refractivity contribution is 0.720. The summed E-state index contributed by atoms with van der Waals surface area (Å²) in [5.41, 5.74) is 0. The van der Waals surface area contributed by atoms with E-state index in [2.05, 4.69) is 47.3 Å². The Labute approximate surface area is 86.2 Å². The highest BCUT2D eigenvalue weighted by molar-refractivity contribution is 8.43.